The average molecular weight is 430 g/mol. The minimum atomic E-state index is -0.579. The van der Waals surface area contributed by atoms with Crippen molar-refractivity contribution in [3.8, 4) is 0 Å². The first-order chi connectivity index (χ1) is 8.24. The molecule has 0 radical (unpaired) electrons. The molecule has 0 aliphatic rings. The van der Waals surface area contributed by atoms with E-state index in [-0.39, 0.29) is 17.9 Å². The van der Waals surface area contributed by atoms with E-state index >= 15 is 0 Å². The fourth-order valence-corrected chi connectivity index (χ4v) is 1.94. The van der Waals surface area contributed by atoms with Gasteiger partial charge in [-0.3, -0.25) is 14.2 Å². The molecular formula is C10H13BrIN3O3. The zero-order valence-electron chi connectivity index (χ0n) is 10.2. The Morgan fingerprint density at radius 2 is 2.22 bits per heavy atom. The standard InChI is InChI=1S/C10H13BrIN3O3/c1-10(2,3)18-7(16)5-15-6(11)4-13-8(14-12)9(15)17/h4H,5H2,1-3H3,(H,13,14). The number of carbonyl (C=O) groups excluding carboxylic acids is 1. The van der Waals surface area contributed by atoms with Crippen LogP contribution in [0.4, 0.5) is 5.82 Å². The fraction of sp³-hybridized carbons (Fsp3) is 0.500. The molecule has 1 aromatic rings. The van der Waals surface area contributed by atoms with Gasteiger partial charge in [0.05, 0.1) is 29.1 Å². The number of rotatable bonds is 3. The second-order valence-electron chi connectivity index (χ2n) is 4.50. The number of nitrogens with zero attached hydrogens (tertiary/aromatic N) is 2. The Bertz CT molecular complexity index is 510. The van der Waals surface area contributed by atoms with Gasteiger partial charge in [-0.05, 0) is 36.7 Å². The van der Waals surface area contributed by atoms with Crippen LogP contribution in [0.3, 0.4) is 0 Å². The van der Waals surface area contributed by atoms with Gasteiger partial charge in [0.25, 0.3) is 5.56 Å². The van der Waals surface area contributed by atoms with Crippen molar-refractivity contribution in [1.29, 1.82) is 0 Å². The van der Waals surface area contributed by atoms with E-state index in [1.54, 1.807) is 43.6 Å². The molecule has 1 rings (SSSR count). The van der Waals surface area contributed by atoms with E-state index in [9.17, 15) is 9.59 Å². The quantitative estimate of drug-likeness (QED) is 0.452. The zero-order chi connectivity index (χ0) is 13.9. The summed E-state index contributed by atoms with van der Waals surface area (Å²) in [6.07, 6.45) is 1.45. The largest absolute Gasteiger partial charge is 0.459 e. The van der Waals surface area contributed by atoms with Gasteiger partial charge in [-0.25, -0.2) is 4.98 Å². The number of anilines is 1. The highest BCUT2D eigenvalue weighted by molar-refractivity contribution is 14.1. The van der Waals surface area contributed by atoms with Crippen LogP contribution in [0.15, 0.2) is 15.6 Å². The van der Waals surface area contributed by atoms with Gasteiger partial charge in [-0.1, -0.05) is 0 Å². The van der Waals surface area contributed by atoms with Gasteiger partial charge in [0.2, 0.25) is 5.82 Å². The van der Waals surface area contributed by atoms with Crippen LogP contribution in [0, 0.1) is 0 Å². The number of carbonyl (C=O) groups is 1. The highest BCUT2D eigenvalue weighted by atomic mass is 127. The topological polar surface area (TPSA) is 73.2 Å². The van der Waals surface area contributed by atoms with Crippen LogP contribution in [0.1, 0.15) is 20.8 Å². The summed E-state index contributed by atoms with van der Waals surface area (Å²) in [5.74, 6) is -0.307. The Hall–Kier alpha value is -0.640. The zero-order valence-corrected chi connectivity index (χ0v) is 13.9. The molecular weight excluding hydrogens is 417 g/mol. The van der Waals surface area contributed by atoms with E-state index in [4.69, 9.17) is 4.74 Å². The number of esters is 1. The van der Waals surface area contributed by atoms with Crippen LogP contribution in [0.5, 0.6) is 0 Å². The molecule has 0 aliphatic heterocycles. The smallest absolute Gasteiger partial charge is 0.326 e. The van der Waals surface area contributed by atoms with E-state index < -0.39 is 11.6 Å². The summed E-state index contributed by atoms with van der Waals surface area (Å²) in [6.45, 7) is 5.15. The second kappa shape index (κ2) is 6.00. The van der Waals surface area contributed by atoms with Gasteiger partial charge >= 0.3 is 5.97 Å². The number of hydrogen-bond acceptors (Lipinski definition) is 5. The maximum absolute atomic E-state index is 11.9. The van der Waals surface area contributed by atoms with Gasteiger partial charge in [-0.15, -0.1) is 0 Å². The van der Waals surface area contributed by atoms with E-state index in [1.165, 1.54) is 10.8 Å². The third-order valence-corrected chi connectivity index (χ3v) is 2.95. The molecule has 0 aliphatic carbocycles. The van der Waals surface area contributed by atoms with Gasteiger partial charge in [0.1, 0.15) is 16.7 Å². The first kappa shape index (κ1) is 15.4. The van der Waals surface area contributed by atoms with Crippen molar-refractivity contribution in [2.24, 2.45) is 0 Å². The molecule has 0 spiro atoms. The molecule has 0 saturated carbocycles. The highest BCUT2D eigenvalue weighted by Crippen LogP contribution is 2.11. The molecule has 1 N–H and O–H groups in total. The number of ether oxygens (including phenoxy) is 1. The van der Waals surface area contributed by atoms with Crippen LogP contribution in [0.2, 0.25) is 0 Å². The van der Waals surface area contributed by atoms with Crippen LogP contribution < -0.4 is 9.09 Å². The van der Waals surface area contributed by atoms with Crippen molar-refractivity contribution in [2.45, 2.75) is 32.9 Å². The first-order valence-corrected chi connectivity index (χ1v) is 6.95. The maximum Gasteiger partial charge on any atom is 0.326 e. The van der Waals surface area contributed by atoms with E-state index in [1.807, 2.05) is 0 Å². The molecule has 0 unspecified atom stereocenters. The lowest BCUT2D eigenvalue weighted by Crippen LogP contribution is -2.31. The fourth-order valence-electron chi connectivity index (χ4n) is 1.18. The molecule has 0 fully saturated rings. The summed E-state index contributed by atoms with van der Waals surface area (Å²) in [5.41, 5.74) is -0.963. The summed E-state index contributed by atoms with van der Waals surface area (Å²) in [6, 6.07) is 0. The number of hydrogen-bond donors (Lipinski definition) is 1. The molecule has 18 heavy (non-hydrogen) atoms. The van der Waals surface area contributed by atoms with Crippen molar-refractivity contribution < 1.29 is 9.53 Å². The van der Waals surface area contributed by atoms with Crippen molar-refractivity contribution >= 4 is 50.6 Å². The van der Waals surface area contributed by atoms with Crippen molar-refractivity contribution in [3.05, 3.63) is 21.2 Å². The molecule has 0 aromatic carbocycles. The van der Waals surface area contributed by atoms with Gasteiger partial charge in [0, 0.05) is 0 Å². The molecule has 100 valence electrons. The van der Waals surface area contributed by atoms with Crippen molar-refractivity contribution in [2.75, 3.05) is 3.53 Å². The molecule has 0 atom stereocenters. The van der Waals surface area contributed by atoms with E-state index in [2.05, 4.69) is 24.4 Å². The molecule has 0 bridgehead atoms. The van der Waals surface area contributed by atoms with Gasteiger partial charge < -0.3 is 8.27 Å². The molecule has 0 saturated heterocycles. The Morgan fingerprint density at radius 3 is 2.72 bits per heavy atom. The predicted octanol–water partition coefficient (Wildman–Crippen LogP) is 2.11. The van der Waals surface area contributed by atoms with Gasteiger partial charge in [-0.2, -0.15) is 0 Å². The molecule has 1 aromatic heterocycles. The number of aromatic nitrogens is 2. The monoisotopic (exact) mass is 429 g/mol. The van der Waals surface area contributed by atoms with E-state index in [0.717, 1.165) is 0 Å². The molecule has 1 heterocycles. The Kier molecular flexibility index (Phi) is 5.14. The molecule has 0 amide bonds. The lowest BCUT2D eigenvalue weighted by atomic mass is 10.2. The molecule has 8 heteroatoms. The summed E-state index contributed by atoms with van der Waals surface area (Å²) in [7, 11) is 0. The number of nitrogens with one attached hydrogen (secondary N) is 1. The van der Waals surface area contributed by atoms with Crippen LogP contribution in [-0.4, -0.2) is 21.1 Å². The third kappa shape index (κ3) is 4.23. The minimum Gasteiger partial charge on any atom is -0.459 e. The summed E-state index contributed by atoms with van der Waals surface area (Å²) < 4.78 is 9.48. The van der Waals surface area contributed by atoms with E-state index in [0.29, 0.717) is 4.60 Å². The Morgan fingerprint density at radius 1 is 1.61 bits per heavy atom. The second-order valence-corrected chi connectivity index (χ2v) is 5.85. The third-order valence-electron chi connectivity index (χ3n) is 1.80. The predicted molar refractivity (Wildman–Crippen MR) is 79.7 cm³/mol. The van der Waals surface area contributed by atoms with Crippen molar-refractivity contribution in [1.82, 2.24) is 9.55 Å². The lowest BCUT2D eigenvalue weighted by molar-refractivity contribution is -0.155. The normalized spacial score (nSPS) is 11.2. The SMILES string of the molecule is CC(C)(C)OC(=O)Cn1c(Br)cnc(NI)c1=O. The summed E-state index contributed by atoms with van der Waals surface area (Å²) >= 11 is 4.99. The average Bonchev–Trinajstić information content (AvgIpc) is 2.22. The van der Waals surface area contributed by atoms with Crippen LogP contribution >= 0.6 is 38.8 Å². The maximum atomic E-state index is 11.9. The van der Waals surface area contributed by atoms with Crippen LogP contribution in [0.25, 0.3) is 0 Å². The molecule has 6 nitrogen and oxygen atoms in total. The summed E-state index contributed by atoms with van der Waals surface area (Å²) in [4.78, 5) is 27.5. The number of halogens is 2. The van der Waals surface area contributed by atoms with Crippen molar-refractivity contribution in [3.63, 3.8) is 0 Å². The first-order valence-electron chi connectivity index (χ1n) is 5.08. The highest BCUT2D eigenvalue weighted by Gasteiger charge is 2.18. The summed E-state index contributed by atoms with van der Waals surface area (Å²) in [5, 5.41) is 0. The lowest BCUT2D eigenvalue weighted by Gasteiger charge is -2.20. The van der Waals surface area contributed by atoms with Gasteiger partial charge in [0.15, 0.2) is 0 Å². The Balaban J connectivity index is 2.98. The minimum absolute atomic E-state index is 0.162. The Labute approximate surface area is 127 Å². The van der Waals surface area contributed by atoms with Crippen LogP contribution in [-0.2, 0) is 16.1 Å².